The maximum atomic E-state index is 12.3. The van der Waals surface area contributed by atoms with Crippen LogP contribution in [-0.2, 0) is 7.05 Å². The Labute approximate surface area is 140 Å². The Balaban J connectivity index is 1.83. The van der Waals surface area contributed by atoms with E-state index in [0.717, 1.165) is 25.9 Å². The standard InChI is InChI=1S/C15H22N8O/c1-21(2)13-11(17-14(24)12-10-22(3)20-19-12)9-16-15(18-13)23-7-5-4-6-8-23/h9-10H,4-8H2,1-3H3,(H,17,24). The molecule has 2 aromatic rings. The fraction of sp³-hybridized carbons (Fsp3) is 0.533. The monoisotopic (exact) mass is 330 g/mol. The first-order valence-electron chi connectivity index (χ1n) is 8.01. The zero-order chi connectivity index (χ0) is 17.1. The van der Waals surface area contributed by atoms with Crippen molar-refractivity contribution in [3.05, 3.63) is 18.1 Å². The summed E-state index contributed by atoms with van der Waals surface area (Å²) in [4.78, 5) is 25.4. The van der Waals surface area contributed by atoms with Gasteiger partial charge in [0.05, 0.1) is 12.4 Å². The van der Waals surface area contributed by atoms with Crippen LogP contribution in [0.15, 0.2) is 12.4 Å². The van der Waals surface area contributed by atoms with Gasteiger partial charge in [0.15, 0.2) is 11.5 Å². The molecule has 3 heterocycles. The fourth-order valence-corrected chi connectivity index (χ4v) is 2.68. The summed E-state index contributed by atoms with van der Waals surface area (Å²) < 4.78 is 1.48. The van der Waals surface area contributed by atoms with Crippen molar-refractivity contribution >= 4 is 23.4 Å². The van der Waals surface area contributed by atoms with Crippen LogP contribution in [0.25, 0.3) is 0 Å². The van der Waals surface area contributed by atoms with Crippen LogP contribution >= 0.6 is 0 Å². The Hall–Kier alpha value is -2.71. The minimum atomic E-state index is -0.333. The molecule has 1 aliphatic heterocycles. The number of carbonyl (C=O) groups is 1. The number of anilines is 3. The summed E-state index contributed by atoms with van der Waals surface area (Å²) in [6, 6.07) is 0. The van der Waals surface area contributed by atoms with Crippen LogP contribution in [0.2, 0.25) is 0 Å². The Bertz CT molecular complexity index is 720. The molecular formula is C15H22N8O. The second kappa shape index (κ2) is 6.81. The van der Waals surface area contributed by atoms with E-state index in [1.165, 1.54) is 11.1 Å². The van der Waals surface area contributed by atoms with Gasteiger partial charge in [-0.05, 0) is 19.3 Å². The van der Waals surface area contributed by atoms with Gasteiger partial charge in [0, 0.05) is 34.2 Å². The molecule has 0 radical (unpaired) electrons. The number of aryl methyl sites for hydroxylation is 1. The third-order valence-corrected chi connectivity index (χ3v) is 3.90. The van der Waals surface area contributed by atoms with Crippen molar-refractivity contribution in [2.45, 2.75) is 19.3 Å². The lowest BCUT2D eigenvalue weighted by atomic mass is 10.1. The molecule has 1 amide bonds. The summed E-state index contributed by atoms with van der Waals surface area (Å²) in [5.74, 6) is 1.04. The van der Waals surface area contributed by atoms with Crippen molar-refractivity contribution in [2.75, 3.05) is 42.3 Å². The second-order valence-corrected chi connectivity index (χ2v) is 6.08. The van der Waals surface area contributed by atoms with Crippen LogP contribution in [0.1, 0.15) is 29.8 Å². The van der Waals surface area contributed by atoms with Gasteiger partial charge in [0.1, 0.15) is 5.69 Å². The number of hydrogen-bond donors (Lipinski definition) is 1. The zero-order valence-corrected chi connectivity index (χ0v) is 14.2. The second-order valence-electron chi connectivity index (χ2n) is 6.08. The number of nitrogens with one attached hydrogen (secondary N) is 1. The molecule has 0 bridgehead atoms. The molecule has 128 valence electrons. The predicted molar refractivity (Wildman–Crippen MR) is 91.4 cm³/mol. The number of nitrogens with zero attached hydrogens (tertiary/aromatic N) is 7. The minimum Gasteiger partial charge on any atom is -0.361 e. The lowest BCUT2D eigenvalue weighted by Gasteiger charge is -2.27. The Morgan fingerprint density at radius 1 is 1.25 bits per heavy atom. The lowest BCUT2D eigenvalue weighted by molar-refractivity contribution is 0.102. The normalized spacial score (nSPS) is 14.5. The SMILES string of the molecule is CN(C)c1nc(N2CCCCC2)ncc1NC(=O)c1cn(C)nn1. The van der Waals surface area contributed by atoms with Crippen LogP contribution in [0, 0.1) is 0 Å². The van der Waals surface area contributed by atoms with Crippen molar-refractivity contribution in [3.63, 3.8) is 0 Å². The van der Waals surface area contributed by atoms with Crippen LogP contribution in [0.4, 0.5) is 17.5 Å². The van der Waals surface area contributed by atoms with Crippen LogP contribution in [-0.4, -0.2) is 58.1 Å². The number of rotatable bonds is 4. The van der Waals surface area contributed by atoms with Gasteiger partial charge in [0.25, 0.3) is 5.91 Å². The van der Waals surface area contributed by atoms with Crippen molar-refractivity contribution in [1.82, 2.24) is 25.0 Å². The van der Waals surface area contributed by atoms with E-state index < -0.39 is 0 Å². The number of aromatic nitrogens is 5. The zero-order valence-electron chi connectivity index (χ0n) is 14.2. The summed E-state index contributed by atoms with van der Waals surface area (Å²) in [5.41, 5.74) is 0.804. The molecule has 0 aliphatic carbocycles. The largest absolute Gasteiger partial charge is 0.361 e. The summed E-state index contributed by atoms with van der Waals surface area (Å²) >= 11 is 0. The van der Waals surface area contributed by atoms with E-state index in [-0.39, 0.29) is 11.6 Å². The van der Waals surface area contributed by atoms with Crippen molar-refractivity contribution in [2.24, 2.45) is 7.05 Å². The smallest absolute Gasteiger partial charge is 0.277 e. The molecule has 9 nitrogen and oxygen atoms in total. The first-order chi connectivity index (χ1) is 11.5. The molecule has 3 rings (SSSR count). The van der Waals surface area contributed by atoms with E-state index in [4.69, 9.17) is 0 Å². The van der Waals surface area contributed by atoms with Gasteiger partial charge in [-0.25, -0.2) is 4.98 Å². The number of piperidine rings is 1. The van der Waals surface area contributed by atoms with Crippen LogP contribution in [0.5, 0.6) is 0 Å². The highest BCUT2D eigenvalue weighted by atomic mass is 16.2. The van der Waals surface area contributed by atoms with E-state index >= 15 is 0 Å². The maximum absolute atomic E-state index is 12.3. The molecule has 2 aromatic heterocycles. The molecule has 1 saturated heterocycles. The van der Waals surface area contributed by atoms with E-state index in [2.05, 4.69) is 30.5 Å². The topological polar surface area (TPSA) is 92.1 Å². The Morgan fingerprint density at radius 2 is 2.00 bits per heavy atom. The summed E-state index contributed by atoms with van der Waals surface area (Å²) in [5, 5.41) is 10.4. The average Bonchev–Trinajstić information content (AvgIpc) is 3.02. The average molecular weight is 330 g/mol. The summed E-state index contributed by atoms with van der Waals surface area (Å²) in [7, 11) is 5.49. The highest BCUT2D eigenvalue weighted by Gasteiger charge is 2.19. The highest BCUT2D eigenvalue weighted by Crippen LogP contribution is 2.25. The molecule has 0 aromatic carbocycles. The van der Waals surface area contributed by atoms with Gasteiger partial charge in [0.2, 0.25) is 5.95 Å². The van der Waals surface area contributed by atoms with E-state index in [0.29, 0.717) is 17.5 Å². The first kappa shape index (κ1) is 16.2. The van der Waals surface area contributed by atoms with Gasteiger partial charge in [-0.3, -0.25) is 9.48 Å². The van der Waals surface area contributed by atoms with Gasteiger partial charge >= 0.3 is 0 Å². The fourth-order valence-electron chi connectivity index (χ4n) is 2.68. The molecule has 0 atom stereocenters. The summed E-state index contributed by atoms with van der Waals surface area (Å²) in [6.07, 6.45) is 6.79. The quantitative estimate of drug-likeness (QED) is 0.891. The number of amides is 1. The summed E-state index contributed by atoms with van der Waals surface area (Å²) in [6.45, 7) is 1.94. The molecule has 1 fully saturated rings. The molecule has 1 aliphatic rings. The van der Waals surface area contributed by atoms with E-state index in [1.807, 2.05) is 19.0 Å². The van der Waals surface area contributed by atoms with Gasteiger partial charge in [-0.2, -0.15) is 4.98 Å². The van der Waals surface area contributed by atoms with E-state index in [1.54, 1.807) is 19.4 Å². The Kier molecular flexibility index (Phi) is 4.59. The molecule has 0 saturated carbocycles. The first-order valence-corrected chi connectivity index (χ1v) is 8.01. The van der Waals surface area contributed by atoms with Crippen molar-refractivity contribution < 1.29 is 4.79 Å². The molecule has 9 heteroatoms. The predicted octanol–water partition coefficient (Wildman–Crippen LogP) is 0.914. The van der Waals surface area contributed by atoms with Gasteiger partial charge < -0.3 is 15.1 Å². The molecule has 1 N–H and O–H groups in total. The lowest BCUT2D eigenvalue weighted by Crippen LogP contribution is -2.31. The molecular weight excluding hydrogens is 308 g/mol. The number of carbonyl (C=O) groups excluding carboxylic acids is 1. The van der Waals surface area contributed by atoms with Gasteiger partial charge in [-0.15, -0.1) is 5.10 Å². The van der Waals surface area contributed by atoms with E-state index in [9.17, 15) is 4.79 Å². The van der Waals surface area contributed by atoms with Gasteiger partial charge in [-0.1, -0.05) is 5.21 Å². The molecule has 0 unspecified atom stereocenters. The third kappa shape index (κ3) is 3.44. The maximum Gasteiger partial charge on any atom is 0.277 e. The third-order valence-electron chi connectivity index (χ3n) is 3.90. The Morgan fingerprint density at radius 3 is 2.62 bits per heavy atom. The van der Waals surface area contributed by atoms with Crippen LogP contribution in [0.3, 0.4) is 0 Å². The van der Waals surface area contributed by atoms with Crippen molar-refractivity contribution in [1.29, 1.82) is 0 Å². The minimum absolute atomic E-state index is 0.252. The molecule has 24 heavy (non-hydrogen) atoms. The molecule has 0 spiro atoms. The highest BCUT2D eigenvalue weighted by molar-refractivity contribution is 6.04. The number of hydrogen-bond acceptors (Lipinski definition) is 7. The van der Waals surface area contributed by atoms with Crippen LogP contribution < -0.4 is 15.1 Å². The van der Waals surface area contributed by atoms with Crippen molar-refractivity contribution in [3.8, 4) is 0 Å².